The molecule has 1 aromatic heterocycles. The SMILES string of the molecule is CCN1CCCN(C(=O)c2cc(C)[nH]c2C)CCC2=C[C@H](C)c3c(cc(OC)cc3OC)CN2C1=O. The average Bonchev–Trinajstić information content (AvgIpc) is 3.13. The maximum atomic E-state index is 13.8. The molecule has 3 heterocycles. The molecule has 1 N–H and O–H groups in total. The third kappa shape index (κ3) is 4.94. The van der Waals surface area contributed by atoms with Gasteiger partial charge in [0, 0.05) is 67.2 Å². The molecular formula is C28H38N4O4. The lowest BCUT2D eigenvalue weighted by Crippen LogP contribution is -2.45. The molecule has 3 amide bonds. The molecule has 0 spiro atoms. The van der Waals surface area contributed by atoms with Crippen molar-refractivity contribution in [2.45, 2.75) is 53.0 Å². The lowest BCUT2D eigenvalue weighted by Gasteiger charge is -2.34. The zero-order valence-electron chi connectivity index (χ0n) is 22.3. The number of allylic oxidation sites excluding steroid dienone is 1. The molecule has 1 atom stereocenters. The van der Waals surface area contributed by atoms with E-state index in [1.807, 2.05) is 53.7 Å². The van der Waals surface area contributed by atoms with Gasteiger partial charge in [-0.25, -0.2) is 4.79 Å². The number of H-pyrrole nitrogens is 1. The molecule has 194 valence electrons. The number of fused-ring (bicyclic) bond motifs is 2. The first kappa shape index (κ1) is 25.7. The molecule has 0 saturated carbocycles. The topological polar surface area (TPSA) is 78.1 Å². The maximum Gasteiger partial charge on any atom is 0.324 e. The van der Waals surface area contributed by atoms with Crippen LogP contribution in [0.25, 0.3) is 0 Å². The minimum Gasteiger partial charge on any atom is -0.497 e. The Morgan fingerprint density at radius 1 is 1.11 bits per heavy atom. The Bertz CT molecular complexity index is 1170. The number of carbonyl (C=O) groups excluding carboxylic acids is 2. The predicted molar refractivity (Wildman–Crippen MR) is 140 cm³/mol. The Morgan fingerprint density at radius 2 is 1.89 bits per heavy atom. The van der Waals surface area contributed by atoms with Crippen LogP contribution in [0.5, 0.6) is 11.5 Å². The number of carbonyl (C=O) groups is 2. The second-order valence-electron chi connectivity index (χ2n) is 9.68. The summed E-state index contributed by atoms with van der Waals surface area (Å²) in [5, 5.41) is 0. The van der Waals surface area contributed by atoms with Gasteiger partial charge in [0.15, 0.2) is 0 Å². The highest BCUT2D eigenvalue weighted by molar-refractivity contribution is 5.95. The third-order valence-corrected chi connectivity index (χ3v) is 7.27. The highest BCUT2D eigenvalue weighted by Crippen LogP contribution is 2.39. The fourth-order valence-corrected chi connectivity index (χ4v) is 5.43. The number of benzene rings is 1. The van der Waals surface area contributed by atoms with Crippen molar-refractivity contribution in [3.05, 3.63) is 58.1 Å². The number of amides is 3. The minimum atomic E-state index is 0.00228. The summed E-state index contributed by atoms with van der Waals surface area (Å²) in [5.74, 6) is 1.53. The van der Waals surface area contributed by atoms with Crippen LogP contribution in [0.4, 0.5) is 4.79 Å². The number of hydrogen-bond acceptors (Lipinski definition) is 4. The molecule has 2 aromatic rings. The van der Waals surface area contributed by atoms with Crippen molar-refractivity contribution in [2.24, 2.45) is 0 Å². The smallest absolute Gasteiger partial charge is 0.324 e. The van der Waals surface area contributed by atoms with Crippen molar-refractivity contribution in [3.8, 4) is 11.5 Å². The van der Waals surface area contributed by atoms with E-state index in [1.54, 1.807) is 14.2 Å². The van der Waals surface area contributed by atoms with Gasteiger partial charge in [0.25, 0.3) is 5.91 Å². The molecule has 4 rings (SSSR count). The third-order valence-electron chi connectivity index (χ3n) is 7.27. The lowest BCUT2D eigenvalue weighted by molar-refractivity contribution is 0.0741. The summed E-state index contributed by atoms with van der Waals surface area (Å²) in [7, 11) is 3.30. The molecule has 8 heteroatoms. The van der Waals surface area contributed by atoms with Gasteiger partial charge in [-0.15, -0.1) is 0 Å². The van der Waals surface area contributed by atoms with Crippen molar-refractivity contribution in [1.82, 2.24) is 19.7 Å². The van der Waals surface area contributed by atoms with E-state index in [1.165, 1.54) is 0 Å². The first-order valence-corrected chi connectivity index (χ1v) is 12.7. The van der Waals surface area contributed by atoms with Crippen molar-refractivity contribution < 1.29 is 19.1 Å². The molecule has 0 bridgehead atoms. The van der Waals surface area contributed by atoms with Gasteiger partial charge >= 0.3 is 6.03 Å². The van der Waals surface area contributed by atoms with Gasteiger partial charge in [-0.1, -0.05) is 13.0 Å². The summed E-state index contributed by atoms with van der Waals surface area (Å²) in [6.45, 7) is 10.8. The molecule has 8 nitrogen and oxygen atoms in total. The van der Waals surface area contributed by atoms with Gasteiger partial charge in [-0.2, -0.15) is 0 Å². The van der Waals surface area contributed by atoms with Gasteiger partial charge < -0.3 is 24.3 Å². The van der Waals surface area contributed by atoms with Crippen LogP contribution >= 0.6 is 0 Å². The first-order valence-electron chi connectivity index (χ1n) is 12.7. The van der Waals surface area contributed by atoms with Crippen LogP contribution in [-0.4, -0.2) is 72.0 Å². The Balaban J connectivity index is 1.72. The normalized spacial score (nSPS) is 18.7. The van der Waals surface area contributed by atoms with Crippen molar-refractivity contribution in [3.63, 3.8) is 0 Å². The summed E-state index contributed by atoms with van der Waals surface area (Å²) in [5.41, 5.74) is 5.60. The Hall–Kier alpha value is -3.42. The summed E-state index contributed by atoms with van der Waals surface area (Å²) in [4.78, 5) is 36.2. The van der Waals surface area contributed by atoms with Crippen LogP contribution in [0.15, 0.2) is 30.0 Å². The number of nitrogens with zero attached hydrogens (tertiary/aromatic N) is 3. The van der Waals surface area contributed by atoms with E-state index in [4.69, 9.17) is 9.47 Å². The summed E-state index contributed by atoms with van der Waals surface area (Å²) in [6.07, 6.45) is 3.48. The molecule has 2 aliphatic heterocycles. The van der Waals surface area contributed by atoms with Crippen LogP contribution < -0.4 is 9.47 Å². The van der Waals surface area contributed by atoms with Gasteiger partial charge in [0.1, 0.15) is 11.5 Å². The van der Waals surface area contributed by atoms with Gasteiger partial charge in [0.05, 0.1) is 26.3 Å². The molecule has 0 unspecified atom stereocenters. The zero-order chi connectivity index (χ0) is 26.0. The number of aromatic amines is 1. The second-order valence-corrected chi connectivity index (χ2v) is 9.68. The van der Waals surface area contributed by atoms with Crippen LogP contribution in [0.2, 0.25) is 0 Å². The fraction of sp³-hybridized carbons (Fsp3) is 0.500. The quantitative estimate of drug-likeness (QED) is 0.660. The van der Waals surface area contributed by atoms with Gasteiger partial charge in [0.2, 0.25) is 0 Å². The molecule has 1 saturated heterocycles. The second kappa shape index (κ2) is 10.7. The fourth-order valence-electron chi connectivity index (χ4n) is 5.43. The number of rotatable bonds is 4. The Morgan fingerprint density at radius 3 is 2.53 bits per heavy atom. The van der Waals surface area contributed by atoms with Crippen LogP contribution in [0.1, 0.15) is 65.5 Å². The molecule has 2 aliphatic rings. The van der Waals surface area contributed by atoms with E-state index in [9.17, 15) is 9.59 Å². The predicted octanol–water partition coefficient (Wildman–Crippen LogP) is 4.83. The maximum absolute atomic E-state index is 13.8. The number of ether oxygens (including phenoxy) is 2. The van der Waals surface area contributed by atoms with Crippen LogP contribution in [0.3, 0.4) is 0 Å². The van der Waals surface area contributed by atoms with Crippen molar-refractivity contribution in [2.75, 3.05) is 40.4 Å². The Kier molecular flexibility index (Phi) is 7.62. The molecule has 1 fully saturated rings. The summed E-state index contributed by atoms with van der Waals surface area (Å²) >= 11 is 0. The monoisotopic (exact) mass is 494 g/mol. The van der Waals surface area contributed by atoms with E-state index in [2.05, 4.69) is 18.0 Å². The Labute approximate surface area is 213 Å². The first-order chi connectivity index (χ1) is 17.3. The van der Waals surface area contributed by atoms with Crippen LogP contribution in [0, 0.1) is 13.8 Å². The van der Waals surface area contributed by atoms with E-state index < -0.39 is 0 Å². The number of aromatic nitrogens is 1. The van der Waals surface area contributed by atoms with Crippen molar-refractivity contribution in [1.29, 1.82) is 0 Å². The number of hydrogen-bond donors (Lipinski definition) is 1. The van der Waals surface area contributed by atoms with Crippen molar-refractivity contribution >= 4 is 11.9 Å². The average molecular weight is 495 g/mol. The van der Waals surface area contributed by atoms with Crippen LogP contribution in [-0.2, 0) is 6.54 Å². The number of methoxy groups -OCH3 is 2. The van der Waals surface area contributed by atoms with E-state index in [0.29, 0.717) is 44.9 Å². The number of aryl methyl sites for hydroxylation is 2. The van der Waals surface area contributed by atoms with Gasteiger partial charge in [-0.3, -0.25) is 9.69 Å². The van der Waals surface area contributed by atoms with Gasteiger partial charge in [-0.05, 0) is 44.9 Å². The number of urea groups is 1. The largest absolute Gasteiger partial charge is 0.497 e. The molecule has 1 aromatic carbocycles. The minimum absolute atomic E-state index is 0.00228. The van der Waals surface area contributed by atoms with E-state index in [-0.39, 0.29) is 17.9 Å². The van der Waals surface area contributed by atoms with E-state index in [0.717, 1.165) is 45.9 Å². The molecule has 0 radical (unpaired) electrons. The summed E-state index contributed by atoms with van der Waals surface area (Å²) < 4.78 is 11.2. The number of nitrogens with one attached hydrogen (secondary N) is 1. The molecule has 36 heavy (non-hydrogen) atoms. The van der Waals surface area contributed by atoms with E-state index >= 15 is 0 Å². The highest BCUT2D eigenvalue weighted by Gasteiger charge is 2.31. The lowest BCUT2D eigenvalue weighted by atomic mass is 9.94. The standard InChI is InChI=1S/C28H38N4O4/c1-7-30-10-8-11-31(27(33)24-14-19(3)29-20(24)4)12-9-22-13-18(2)26-21(17-32(22)28(30)34)15-23(35-5)16-25(26)36-6/h13-16,18,29H,7-12,17H2,1-6H3/t18-/m0/s1. The summed E-state index contributed by atoms with van der Waals surface area (Å²) in [6, 6.07) is 5.82. The molecule has 0 aliphatic carbocycles. The molecular weight excluding hydrogens is 456 g/mol. The highest BCUT2D eigenvalue weighted by atomic mass is 16.5. The zero-order valence-corrected chi connectivity index (χ0v) is 22.3.